The largest absolute Gasteiger partial charge is 0.370 e. The standard InChI is InChI=1S/C21H22FN5O2S2/c22-15-7-5-13(6-8-15)19(16-2-1-11-30-16)24-18(29)12-31-21-26-25-20(14-3-4-14)27(21)10-9-17(23)28/h1-2,5-8,11,14,19H,3-4,9-10,12H2,(H2,23,28)(H,24,29). The predicted octanol–water partition coefficient (Wildman–Crippen LogP) is 3.23. The smallest absolute Gasteiger partial charge is 0.231 e. The van der Waals surface area contributed by atoms with Crippen LogP contribution in [0.25, 0.3) is 0 Å². The van der Waals surface area contributed by atoms with Crippen molar-refractivity contribution in [2.45, 2.75) is 42.9 Å². The molecule has 3 N–H and O–H groups in total. The zero-order valence-electron chi connectivity index (χ0n) is 16.7. The molecule has 10 heteroatoms. The molecule has 0 aliphatic heterocycles. The van der Waals surface area contributed by atoms with Crippen LogP contribution in [0.3, 0.4) is 0 Å². The van der Waals surface area contributed by atoms with Gasteiger partial charge in [-0.25, -0.2) is 4.39 Å². The molecule has 162 valence electrons. The molecule has 1 atom stereocenters. The summed E-state index contributed by atoms with van der Waals surface area (Å²) in [7, 11) is 0. The lowest BCUT2D eigenvalue weighted by Gasteiger charge is -2.18. The minimum Gasteiger partial charge on any atom is -0.370 e. The highest BCUT2D eigenvalue weighted by molar-refractivity contribution is 7.99. The minimum absolute atomic E-state index is 0.141. The van der Waals surface area contributed by atoms with Crippen LogP contribution in [0.15, 0.2) is 46.9 Å². The highest BCUT2D eigenvalue weighted by Crippen LogP contribution is 2.40. The number of thiophene rings is 1. The summed E-state index contributed by atoms with van der Waals surface area (Å²) in [6, 6.07) is 9.62. The lowest BCUT2D eigenvalue weighted by molar-refractivity contribution is -0.119. The molecule has 4 rings (SSSR count). The van der Waals surface area contributed by atoms with Gasteiger partial charge < -0.3 is 15.6 Å². The van der Waals surface area contributed by atoms with Gasteiger partial charge in [0, 0.05) is 23.8 Å². The molecule has 0 spiro atoms. The van der Waals surface area contributed by atoms with Crippen molar-refractivity contribution in [3.05, 3.63) is 63.9 Å². The van der Waals surface area contributed by atoms with Gasteiger partial charge in [0.2, 0.25) is 11.8 Å². The third kappa shape index (κ3) is 5.50. The number of hydrogen-bond donors (Lipinski definition) is 2. The molecule has 1 fully saturated rings. The molecular formula is C21H22FN5O2S2. The molecule has 1 saturated carbocycles. The van der Waals surface area contributed by atoms with Crippen LogP contribution in [-0.4, -0.2) is 32.3 Å². The Hall–Kier alpha value is -2.72. The Bertz CT molecular complexity index is 1050. The number of benzene rings is 1. The Kier molecular flexibility index (Phi) is 6.67. The number of hydrogen-bond acceptors (Lipinski definition) is 6. The van der Waals surface area contributed by atoms with Gasteiger partial charge in [0.15, 0.2) is 5.16 Å². The van der Waals surface area contributed by atoms with Gasteiger partial charge in [-0.05, 0) is 42.0 Å². The van der Waals surface area contributed by atoms with E-state index in [0.29, 0.717) is 17.6 Å². The molecular weight excluding hydrogens is 437 g/mol. The summed E-state index contributed by atoms with van der Waals surface area (Å²) in [5.41, 5.74) is 6.11. The number of carbonyl (C=O) groups is 2. The second kappa shape index (κ2) is 9.61. The van der Waals surface area contributed by atoms with E-state index >= 15 is 0 Å². The average molecular weight is 460 g/mol. The first-order valence-electron chi connectivity index (χ1n) is 9.93. The summed E-state index contributed by atoms with van der Waals surface area (Å²) in [4.78, 5) is 25.0. The Morgan fingerprint density at radius 3 is 2.68 bits per heavy atom. The number of nitrogens with zero attached hydrogens (tertiary/aromatic N) is 3. The fourth-order valence-corrected chi connectivity index (χ4v) is 4.83. The molecule has 1 aromatic carbocycles. The van der Waals surface area contributed by atoms with Crippen molar-refractivity contribution in [1.82, 2.24) is 20.1 Å². The molecule has 7 nitrogen and oxygen atoms in total. The minimum atomic E-state index is -0.387. The second-order valence-corrected chi connectivity index (χ2v) is 9.26. The molecule has 31 heavy (non-hydrogen) atoms. The van der Waals surface area contributed by atoms with Crippen LogP contribution in [-0.2, 0) is 16.1 Å². The van der Waals surface area contributed by atoms with Gasteiger partial charge in [0.1, 0.15) is 11.6 Å². The van der Waals surface area contributed by atoms with E-state index in [4.69, 9.17) is 5.73 Å². The van der Waals surface area contributed by atoms with Gasteiger partial charge in [-0.1, -0.05) is 30.0 Å². The van der Waals surface area contributed by atoms with Crippen LogP contribution in [0.1, 0.15) is 47.5 Å². The van der Waals surface area contributed by atoms with E-state index in [0.717, 1.165) is 29.1 Å². The fraction of sp³-hybridized carbons (Fsp3) is 0.333. The van der Waals surface area contributed by atoms with E-state index in [1.165, 1.54) is 35.2 Å². The zero-order chi connectivity index (χ0) is 21.8. The molecule has 1 aliphatic rings. The molecule has 0 bridgehead atoms. The van der Waals surface area contributed by atoms with Crippen molar-refractivity contribution in [3.63, 3.8) is 0 Å². The van der Waals surface area contributed by atoms with E-state index in [2.05, 4.69) is 15.5 Å². The number of aromatic nitrogens is 3. The summed E-state index contributed by atoms with van der Waals surface area (Å²) in [5.74, 6) is 0.476. The van der Waals surface area contributed by atoms with Gasteiger partial charge in [-0.15, -0.1) is 21.5 Å². The summed E-state index contributed by atoms with van der Waals surface area (Å²) in [6.07, 6.45) is 2.31. The number of halogens is 1. The molecule has 1 aliphatic carbocycles. The Morgan fingerprint density at radius 2 is 2.03 bits per heavy atom. The highest BCUT2D eigenvalue weighted by Gasteiger charge is 2.30. The van der Waals surface area contributed by atoms with Crippen molar-refractivity contribution in [1.29, 1.82) is 0 Å². The van der Waals surface area contributed by atoms with Crippen molar-refractivity contribution in [3.8, 4) is 0 Å². The van der Waals surface area contributed by atoms with Crippen molar-refractivity contribution < 1.29 is 14.0 Å². The number of amides is 2. The second-order valence-electron chi connectivity index (χ2n) is 7.34. The van der Waals surface area contributed by atoms with Crippen molar-refractivity contribution >= 4 is 34.9 Å². The fourth-order valence-electron chi connectivity index (χ4n) is 3.24. The zero-order valence-corrected chi connectivity index (χ0v) is 18.3. The van der Waals surface area contributed by atoms with Crippen molar-refractivity contribution in [2.24, 2.45) is 5.73 Å². The third-order valence-electron chi connectivity index (χ3n) is 4.94. The summed E-state index contributed by atoms with van der Waals surface area (Å²) >= 11 is 2.80. The van der Waals surface area contributed by atoms with E-state index in [1.807, 2.05) is 22.1 Å². The number of primary amides is 1. The maximum atomic E-state index is 13.3. The quantitative estimate of drug-likeness (QED) is 0.453. The van der Waals surface area contributed by atoms with E-state index in [1.54, 1.807) is 12.1 Å². The van der Waals surface area contributed by atoms with Gasteiger partial charge in [-0.2, -0.15) is 0 Å². The first-order valence-corrected chi connectivity index (χ1v) is 11.8. The van der Waals surface area contributed by atoms with Crippen LogP contribution in [0, 0.1) is 5.82 Å². The monoisotopic (exact) mass is 459 g/mol. The molecule has 0 radical (unpaired) electrons. The van der Waals surface area contributed by atoms with Gasteiger partial charge >= 0.3 is 0 Å². The number of carbonyl (C=O) groups excluding carboxylic acids is 2. The Morgan fingerprint density at radius 1 is 1.26 bits per heavy atom. The van der Waals surface area contributed by atoms with Crippen LogP contribution in [0.4, 0.5) is 4.39 Å². The summed E-state index contributed by atoms with van der Waals surface area (Å²) in [6.45, 7) is 0.408. The lowest BCUT2D eigenvalue weighted by Crippen LogP contribution is -2.30. The average Bonchev–Trinajstić information content (AvgIpc) is 3.29. The maximum absolute atomic E-state index is 13.3. The van der Waals surface area contributed by atoms with Crippen LogP contribution in [0.5, 0.6) is 0 Å². The van der Waals surface area contributed by atoms with E-state index < -0.39 is 0 Å². The first kappa shape index (κ1) is 21.5. The van der Waals surface area contributed by atoms with Gasteiger partial charge in [0.05, 0.1) is 11.8 Å². The number of nitrogens with one attached hydrogen (secondary N) is 1. The topological polar surface area (TPSA) is 103 Å². The van der Waals surface area contributed by atoms with E-state index in [-0.39, 0.29) is 35.8 Å². The number of rotatable bonds is 10. The van der Waals surface area contributed by atoms with Crippen LogP contribution in [0.2, 0.25) is 0 Å². The molecule has 0 saturated heterocycles. The first-order chi connectivity index (χ1) is 15.0. The Labute approximate surface area is 187 Å². The molecule has 3 aromatic rings. The van der Waals surface area contributed by atoms with Gasteiger partial charge in [-0.3, -0.25) is 9.59 Å². The maximum Gasteiger partial charge on any atom is 0.231 e. The highest BCUT2D eigenvalue weighted by atomic mass is 32.2. The molecule has 2 aromatic heterocycles. The summed E-state index contributed by atoms with van der Waals surface area (Å²) < 4.78 is 15.2. The Balaban J connectivity index is 1.44. The summed E-state index contributed by atoms with van der Waals surface area (Å²) in [5, 5.41) is 14.1. The van der Waals surface area contributed by atoms with Crippen molar-refractivity contribution in [2.75, 3.05) is 5.75 Å². The SMILES string of the molecule is NC(=O)CCn1c(SCC(=O)NC(c2ccc(F)cc2)c2cccs2)nnc1C1CC1. The molecule has 1 unspecified atom stereocenters. The third-order valence-corrected chi connectivity index (χ3v) is 6.84. The number of nitrogens with two attached hydrogens (primary N) is 1. The number of thioether (sulfide) groups is 1. The van der Waals surface area contributed by atoms with Crippen LogP contribution >= 0.6 is 23.1 Å². The van der Waals surface area contributed by atoms with Gasteiger partial charge in [0.25, 0.3) is 0 Å². The predicted molar refractivity (Wildman–Crippen MR) is 117 cm³/mol. The van der Waals surface area contributed by atoms with E-state index in [9.17, 15) is 14.0 Å². The normalized spacial score (nSPS) is 14.4. The van der Waals surface area contributed by atoms with Crippen LogP contribution < -0.4 is 11.1 Å². The lowest BCUT2D eigenvalue weighted by atomic mass is 10.1. The molecule has 2 amide bonds. The molecule has 2 heterocycles.